The van der Waals surface area contributed by atoms with Gasteiger partial charge in [-0.05, 0) is 18.9 Å². The summed E-state index contributed by atoms with van der Waals surface area (Å²) in [6.07, 6.45) is 2.72. The third-order valence-electron chi connectivity index (χ3n) is 3.30. The summed E-state index contributed by atoms with van der Waals surface area (Å²) < 4.78 is 1.68. The van der Waals surface area contributed by atoms with Crippen molar-refractivity contribution in [1.29, 1.82) is 0 Å². The maximum atomic E-state index is 6.30. The number of halogens is 1. The van der Waals surface area contributed by atoms with Gasteiger partial charge in [-0.25, -0.2) is 9.50 Å². The molecule has 19 heavy (non-hydrogen) atoms. The average Bonchev–Trinajstić information content (AvgIpc) is 2.82. The van der Waals surface area contributed by atoms with Gasteiger partial charge in [-0.3, -0.25) is 0 Å². The summed E-state index contributed by atoms with van der Waals surface area (Å²) in [6, 6.07) is 10.0. The fourth-order valence-electron chi connectivity index (χ4n) is 2.22. The molecule has 0 fully saturated rings. The molecule has 0 bridgehead atoms. The van der Waals surface area contributed by atoms with Crippen molar-refractivity contribution in [3.8, 4) is 11.3 Å². The number of fused-ring (bicyclic) bond motifs is 1. The third-order valence-corrected chi connectivity index (χ3v) is 3.57. The minimum absolute atomic E-state index is 0.586. The van der Waals surface area contributed by atoms with E-state index in [0.717, 1.165) is 28.9 Å². The third kappa shape index (κ3) is 2.00. The zero-order valence-corrected chi connectivity index (χ0v) is 11.6. The second-order valence-electron chi connectivity index (χ2n) is 4.54. The molecule has 2 heterocycles. The quantitative estimate of drug-likeness (QED) is 0.661. The number of hydrogen-bond donors (Lipinski definition) is 0. The number of benzene rings is 1. The Morgan fingerprint density at radius 3 is 2.79 bits per heavy atom. The van der Waals surface area contributed by atoms with E-state index in [1.165, 1.54) is 5.56 Å². The highest BCUT2D eigenvalue weighted by Crippen LogP contribution is 2.26. The molecule has 0 saturated carbocycles. The first-order valence-electron chi connectivity index (χ1n) is 6.30. The van der Waals surface area contributed by atoms with Gasteiger partial charge in [-0.1, -0.05) is 42.8 Å². The lowest BCUT2D eigenvalue weighted by molar-refractivity contribution is 0.941. The Morgan fingerprint density at radius 1 is 1.26 bits per heavy atom. The molecule has 3 aromatic rings. The Kier molecular flexibility index (Phi) is 2.99. The standard InChI is InChI=1S/C15H14ClN3/c1-3-11-9-17-19-14(16)8-13(18-15(11)19)12-7-5-4-6-10(12)2/h4-9H,3H2,1-2H3. The van der Waals surface area contributed by atoms with Crippen molar-refractivity contribution in [2.45, 2.75) is 20.3 Å². The minimum atomic E-state index is 0.586. The van der Waals surface area contributed by atoms with E-state index in [4.69, 9.17) is 16.6 Å². The summed E-state index contributed by atoms with van der Waals surface area (Å²) >= 11 is 6.30. The Hall–Kier alpha value is -1.87. The lowest BCUT2D eigenvalue weighted by Gasteiger charge is -2.07. The van der Waals surface area contributed by atoms with Gasteiger partial charge in [-0.2, -0.15) is 5.10 Å². The second-order valence-corrected chi connectivity index (χ2v) is 4.93. The predicted molar refractivity (Wildman–Crippen MR) is 77.5 cm³/mol. The maximum absolute atomic E-state index is 6.30. The lowest BCUT2D eigenvalue weighted by atomic mass is 10.1. The molecular weight excluding hydrogens is 258 g/mol. The number of nitrogens with zero attached hydrogens (tertiary/aromatic N) is 3. The molecule has 0 radical (unpaired) electrons. The fourth-order valence-corrected chi connectivity index (χ4v) is 2.45. The van der Waals surface area contributed by atoms with Gasteiger partial charge in [-0.15, -0.1) is 0 Å². The summed E-state index contributed by atoms with van der Waals surface area (Å²) in [5.41, 5.74) is 5.14. The Balaban J connectivity index is 2.28. The lowest BCUT2D eigenvalue weighted by Crippen LogP contribution is -1.96. The topological polar surface area (TPSA) is 30.2 Å². The number of aryl methyl sites for hydroxylation is 2. The van der Waals surface area contributed by atoms with E-state index >= 15 is 0 Å². The highest BCUT2D eigenvalue weighted by Gasteiger charge is 2.11. The molecule has 3 nitrogen and oxygen atoms in total. The zero-order chi connectivity index (χ0) is 13.4. The smallest absolute Gasteiger partial charge is 0.160 e. The van der Waals surface area contributed by atoms with Crippen molar-refractivity contribution in [1.82, 2.24) is 14.6 Å². The van der Waals surface area contributed by atoms with E-state index in [1.54, 1.807) is 4.52 Å². The van der Waals surface area contributed by atoms with Gasteiger partial charge in [0.1, 0.15) is 5.15 Å². The number of aromatic nitrogens is 3. The molecule has 0 atom stereocenters. The van der Waals surface area contributed by atoms with E-state index in [2.05, 4.69) is 31.1 Å². The van der Waals surface area contributed by atoms with E-state index in [9.17, 15) is 0 Å². The molecule has 0 N–H and O–H groups in total. The van der Waals surface area contributed by atoms with Crippen LogP contribution in [0.2, 0.25) is 5.15 Å². The van der Waals surface area contributed by atoms with Crippen LogP contribution in [-0.4, -0.2) is 14.6 Å². The summed E-state index contributed by atoms with van der Waals surface area (Å²) in [6.45, 7) is 4.17. The molecule has 96 valence electrons. The monoisotopic (exact) mass is 271 g/mol. The molecule has 0 unspecified atom stereocenters. The molecule has 0 spiro atoms. The zero-order valence-electron chi connectivity index (χ0n) is 10.9. The van der Waals surface area contributed by atoms with Crippen molar-refractivity contribution in [3.63, 3.8) is 0 Å². The fraction of sp³-hybridized carbons (Fsp3) is 0.200. The first kappa shape index (κ1) is 12.2. The molecular formula is C15H14ClN3. The Labute approximate surface area is 116 Å². The highest BCUT2D eigenvalue weighted by molar-refractivity contribution is 6.30. The van der Waals surface area contributed by atoms with E-state index in [-0.39, 0.29) is 0 Å². The molecule has 4 heteroatoms. The van der Waals surface area contributed by atoms with Gasteiger partial charge in [0.25, 0.3) is 0 Å². The van der Waals surface area contributed by atoms with Gasteiger partial charge in [0.05, 0.1) is 11.9 Å². The van der Waals surface area contributed by atoms with Crippen molar-refractivity contribution < 1.29 is 0 Å². The maximum Gasteiger partial charge on any atom is 0.160 e. The van der Waals surface area contributed by atoms with Gasteiger partial charge in [0.15, 0.2) is 5.65 Å². The summed E-state index contributed by atoms with van der Waals surface area (Å²) in [5.74, 6) is 0. The van der Waals surface area contributed by atoms with Crippen molar-refractivity contribution >= 4 is 17.2 Å². The normalized spacial score (nSPS) is 11.1. The van der Waals surface area contributed by atoms with E-state index < -0.39 is 0 Å². The van der Waals surface area contributed by atoms with Crippen LogP contribution in [0.4, 0.5) is 0 Å². The molecule has 3 rings (SSSR count). The van der Waals surface area contributed by atoms with Crippen LogP contribution < -0.4 is 0 Å². The molecule has 1 aromatic carbocycles. The Morgan fingerprint density at radius 2 is 2.05 bits per heavy atom. The van der Waals surface area contributed by atoms with E-state index in [0.29, 0.717) is 5.15 Å². The average molecular weight is 272 g/mol. The van der Waals surface area contributed by atoms with Gasteiger partial charge in [0.2, 0.25) is 0 Å². The predicted octanol–water partition coefficient (Wildman–Crippen LogP) is 3.92. The largest absolute Gasteiger partial charge is 0.228 e. The van der Waals surface area contributed by atoms with Crippen LogP contribution in [0.1, 0.15) is 18.1 Å². The summed E-state index contributed by atoms with van der Waals surface area (Å²) in [7, 11) is 0. The first-order chi connectivity index (χ1) is 9.20. The molecule has 2 aromatic heterocycles. The van der Waals surface area contributed by atoms with Crippen LogP contribution in [0.3, 0.4) is 0 Å². The van der Waals surface area contributed by atoms with Gasteiger partial charge < -0.3 is 0 Å². The van der Waals surface area contributed by atoms with Crippen LogP contribution >= 0.6 is 11.6 Å². The number of hydrogen-bond acceptors (Lipinski definition) is 2. The number of rotatable bonds is 2. The first-order valence-corrected chi connectivity index (χ1v) is 6.67. The van der Waals surface area contributed by atoms with Crippen LogP contribution in [0.5, 0.6) is 0 Å². The van der Waals surface area contributed by atoms with Crippen LogP contribution in [0.25, 0.3) is 16.9 Å². The van der Waals surface area contributed by atoms with Crippen LogP contribution in [0, 0.1) is 6.92 Å². The summed E-state index contributed by atoms with van der Waals surface area (Å²) in [4.78, 5) is 4.71. The molecule has 0 amide bonds. The van der Waals surface area contributed by atoms with Crippen LogP contribution in [0.15, 0.2) is 36.5 Å². The van der Waals surface area contributed by atoms with Gasteiger partial charge >= 0.3 is 0 Å². The second kappa shape index (κ2) is 4.67. The van der Waals surface area contributed by atoms with Crippen molar-refractivity contribution in [2.75, 3.05) is 0 Å². The van der Waals surface area contributed by atoms with Crippen molar-refractivity contribution in [3.05, 3.63) is 52.8 Å². The Bertz CT molecular complexity index is 746. The molecule has 0 aliphatic heterocycles. The van der Waals surface area contributed by atoms with Crippen LogP contribution in [-0.2, 0) is 6.42 Å². The minimum Gasteiger partial charge on any atom is -0.228 e. The SMILES string of the molecule is CCc1cnn2c(Cl)cc(-c3ccccc3C)nc12. The van der Waals surface area contributed by atoms with E-state index in [1.807, 2.05) is 24.4 Å². The van der Waals surface area contributed by atoms with Crippen molar-refractivity contribution in [2.24, 2.45) is 0 Å². The molecule has 0 saturated heterocycles. The highest BCUT2D eigenvalue weighted by atomic mass is 35.5. The summed E-state index contributed by atoms with van der Waals surface area (Å²) in [5, 5.41) is 4.85. The van der Waals surface area contributed by atoms with Gasteiger partial charge in [0, 0.05) is 17.2 Å². The molecule has 0 aliphatic carbocycles. The molecule has 0 aliphatic rings.